The Hall–Kier alpha value is -3.40. The Morgan fingerprint density at radius 1 is 1.06 bits per heavy atom. The molecule has 2 rings (SSSR count). The fourth-order valence-corrected chi connectivity index (χ4v) is 3.63. The van der Waals surface area contributed by atoms with Crippen LogP contribution in [0.2, 0.25) is 0 Å². The second-order valence-electron chi connectivity index (χ2n) is 8.25. The van der Waals surface area contributed by atoms with E-state index in [0.29, 0.717) is 5.56 Å². The lowest BCUT2D eigenvalue weighted by molar-refractivity contribution is -0.143. The lowest BCUT2D eigenvalue weighted by Gasteiger charge is -2.18. The molecule has 172 valence electrons. The minimum atomic E-state index is -4.10. The standard InChI is InChI=1S/C22H26N2O7S/c1-13-12-15(10-11-18(13)31-21(28)22(3,4)5)32(29,30)24-17-9-7-6-8-16(17)19(25)23-14(2)20(26)27/h6-12,14,24H,1-5H3,(H,23,25)(H,26,27). The molecule has 0 aliphatic heterocycles. The molecule has 3 N–H and O–H groups in total. The summed E-state index contributed by atoms with van der Waals surface area (Å²) in [5.74, 6) is -2.17. The summed E-state index contributed by atoms with van der Waals surface area (Å²) in [4.78, 5) is 35.4. The number of carboxylic acids is 1. The smallest absolute Gasteiger partial charge is 0.325 e. The van der Waals surface area contributed by atoms with Gasteiger partial charge in [0.05, 0.1) is 21.6 Å². The number of carboxylic acid groups (broad SMARTS) is 1. The number of amides is 1. The third kappa shape index (κ3) is 6.07. The van der Waals surface area contributed by atoms with Crippen LogP contribution >= 0.6 is 0 Å². The molecule has 0 saturated heterocycles. The molecule has 10 heteroatoms. The predicted molar refractivity (Wildman–Crippen MR) is 118 cm³/mol. The highest BCUT2D eigenvalue weighted by molar-refractivity contribution is 7.92. The molecule has 2 aromatic rings. The molecule has 0 aromatic heterocycles. The Morgan fingerprint density at radius 2 is 1.69 bits per heavy atom. The number of ether oxygens (including phenoxy) is 1. The Morgan fingerprint density at radius 3 is 2.25 bits per heavy atom. The number of rotatable bonds is 7. The average molecular weight is 463 g/mol. The number of hydrogen-bond acceptors (Lipinski definition) is 6. The number of nitrogens with one attached hydrogen (secondary N) is 2. The Balaban J connectivity index is 2.29. The fourth-order valence-electron chi connectivity index (χ4n) is 2.47. The molecule has 0 fully saturated rings. The van der Waals surface area contributed by atoms with Gasteiger partial charge in [0.1, 0.15) is 11.8 Å². The second-order valence-corrected chi connectivity index (χ2v) is 9.93. The molecule has 1 atom stereocenters. The number of benzene rings is 2. The molecule has 2 aromatic carbocycles. The first-order chi connectivity index (χ1) is 14.7. The number of aliphatic carboxylic acids is 1. The van der Waals surface area contributed by atoms with Gasteiger partial charge in [0.2, 0.25) is 0 Å². The van der Waals surface area contributed by atoms with Crippen molar-refractivity contribution in [1.82, 2.24) is 5.32 Å². The fraction of sp³-hybridized carbons (Fsp3) is 0.318. The normalized spacial score (nSPS) is 12.5. The van der Waals surface area contributed by atoms with Crippen LogP contribution in [-0.2, 0) is 19.6 Å². The van der Waals surface area contributed by atoms with E-state index in [1.54, 1.807) is 27.7 Å². The first kappa shape index (κ1) is 24.9. The van der Waals surface area contributed by atoms with Crippen molar-refractivity contribution in [3.63, 3.8) is 0 Å². The molecule has 0 heterocycles. The van der Waals surface area contributed by atoms with Gasteiger partial charge in [-0.1, -0.05) is 12.1 Å². The number of hydrogen-bond donors (Lipinski definition) is 3. The minimum Gasteiger partial charge on any atom is -0.480 e. The van der Waals surface area contributed by atoms with E-state index in [-0.39, 0.29) is 21.9 Å². The van der Waals surface area contributed by atoms with E-state index < -0.39 is 39.3 Å². The average Bonchev–Trinajstić information content (AvgIpc) is 2.68. The summed E-state index contributed by atoms with van der Waals surface area (Å²) in [6.45, 7) is 8.03. The maximum Gasteiger partial charge on any atom is 0.325 e. The van der Waals surface area contributed by atoms with E-state index in [1.165, 1.54) is 49.4 Å². The van der Waals surface area contributed by atoms with Gasteiger partial charge in [-0.2, -0.15) is 0 Å². The third-order valence-corrected chi connectivity index (χ3v) is 5.77. The molecule has 0 saturated carbocycles. The number of anilines is 1. The highest BCUT2D eigenvalue weighted by Crippen LogP contribution is 2.27. The van der Waals surface area contributed by atoms with E-state index in [0.717, 1.165) is 0 Å². The summed E-state index contributed by atoms with van der Waals surface area (Å²) in [6, 6.07) is 8.71. The van der Waals surface area contributed by atoms with E-state index in [4.69, 9.17) is 9.84 Å². The lowest BCUT2D eigenvalue weighted by Crippen LogP contribution is -2.38. The number of para-hydroxylation sites is 1. The molecule has 1 unspecified atom stereocenters. The van der Waals surface area contributed by atoms with Crippen LogP contribution < -0.4 is 14.8 Å². The van der Waals surface area contributed by atoms with Crippen molar-refractivity contribution in [1.29, 1.82) is 0 Å². The monoisotopic (exact) mass is 462 g/mol. The van der Waals surface area contributed by atoms with Crippen LogP contribution in [0.1, 0.15) is 43.6 Å². The van der Waals surface area contributed by atoms with E-state index in [9.17, 15) is 22.8 Å². The second kappa shape index (κ2) is 9.39. The SMILES string of the molecule is Cc1cc(S(=O)(=O)Nc2ccccc2C(=O)NC(C)C(=O)O)ccc1OC(=O)C(C)(C)C. The van der Waals surface area contributed by atoms with Gasteiger partial charge >= 0.3 is 11.9 Å². The van der Waals surface area contributed by atoms with Gasteiger partial charge < -0.3 is 15.2 Å². The van der Waals surface area contributed by atoms with Crippen molar-refractivity contribution < 1.29 is 32.6 Å². The molecule has 1 amide bonds. The van der Waals surface area contributed by atoms with Crippen molar-refractivity contribution in [2.24, 2.45) is 5.41 Å². The minimum absolute atomic E-state index is 0.0107. The maximum absolute atomic E-state index is 12.9. The molecular formula is C22H26N2O7S. The summed E-state index contributed by atoms with van der Waals surface area (Å²) in [5.41, 5.74) is -0.326. The van der Waals surface area contributed by atoms with Crippen molar-refractivity contribution in [2.75, 3.05) is 4.72 Å². The Bertz CT molecular complexity index is 1150. The zero-order chi connectivity index (χ0) is 24.3. The van der Waals surface area contributed by atoms with Gasteiger partial charge in [0.15, 0.2) is 0 Å². The number of sulfonamides is 1. The molecule has 32 heavy (non-hydrogen) atoms. The van der Waals surface area contributed by atoms with Gasteiger partial charge in [0, 0.05) is 0 Å². The quantitative estimate of drug-likeness (QED) is 0.425. The molecular weight excluding hydrogens is 436 g/mol. The van der Waals surface area contributed by atoms with Gasteiger partial charge in [-0.15, -0.1) is 0 Å². The van der Waals surface area contributed by atoms with Crippen LogP contribution in [0.25, 0.3) is 0 Å². The molecule has 9 nitrogen and oxygen atoms in total. The van der Waals surface area contributed by atoms with Crippen LogP contribution in [0.5, 0.6) is 5.75 Å². The van der Waals surface area contributed by atoms with Gasteiger partial charge in [0.25, 0.3) is 15.9 Å². The van der Waals surface area contributed by atoms with Crippen LogP contribution in [-0.4, -0.2) is 37.4 Å². The van der Waals surface area contributed by atoms with Gasteiger partial charge in [-0.25, -0.2) is 8.42 Å². The van der Waals surface area contributed by atoms with E-state index in [2.05, 4.69) is 10.0 Å². The molecule has 0 aliphatic carbocycles. The zero-order valence-electron chi connectivity index (χ0n) is 18.4. The van der Waals surface area contributed by atoms with Crippen LogP contribution in [0.3, 0.4) is 0 Å². The Labute approximate surface area is 186 Å². The summed E-state index contributed by atoms with van der Waals surface area (Å²) >= 11 is 0. The highest BCUT2D eigenvalue weighted by Gasteiger charge is 2.25. The number of carbonyl (C=O) groups is 3. The van der Waals surface area contributed by atoms with Crippen molar-refractivity contribution >= 4 is 33.6 Å². The topological polar surface area (TPSA) is 139 Å². The molecule has 0 aliphatic rings. The van der Waals surface area contributed by atoms with Crippen molar-refractivity contribution in [3.8, 4) is 5.75 Å². The van der Waals surface area contributed by atoms with Crippen LogP contribution in [0.4, 0.5) is 5.69 Å². The molecule has 0 bridgehead atoms. The maximum atomic E-state index is 12.9. The van der Waals surface area contributed by atoms with Gasteiger partial charge in [-0.05, 0) is 70.5 Å². The summed E-state index contributed by atoms with van der Waals surface area (Å²) in [7, 11) is -4.10. The predicted octanol–water partition coefficient (Wildman–Crippen LogP) is 2.95. The van der Waals surface area contributed by atoms with E-state index >= 15 is 0 Å². The summed E-state index contributed by atoms with van der Waals surface area (Å²) in [5, 5.41) is 11.3. The van der Waals surface area contributed by atoms with Crippen molar-refractivity contribution in [2.45, 2.75) is 45.6 Å². The highest BCUT2D eigenvalue weighted by atomic mass is 32.2. The lowest BCUT2D eigenvalue weighted by atomic mass is 9.97. The van der Waals surface area contributed by atoms with Crippen molar-refractivity contribution in [3.05, 3.63) is 53.6 Å². The van der Waals surface area contributed by atoms with Crippen LogP contribution in [0, 0.1) is 12.3 Å². The number of carbonyl (C=O) groups excluding carboxylic acids is 2. The largest absolute Gasteiger partial charge is 0.480 e. The summed E-state index contributed by atoms with van der Waals surface area (Å²) < 4.78 is 33.5. The van der Waals surface area contributed by atoms with Gasteiger partial charge in [-0.3, -0.25) is 19.1 Å². The summed E-state index contributed by atoms with van der Waals surface area (Å²) in [6.07, 6.45) is 0. The van der Waals surface area contributed by atoms with E-state index in [1.807, 2.05) is 0 Å². The third-order valence-electron chi connectivity index (χ3n) is 4.41. The molecule has 0 radical (unpaired) electrons. The molecule has 0 spiro atoms. The zero-order valence-corrected chi connectivity index (χ0v) is 19.2. The first-order valence-electron chi connectivity index (χ1n) is 9.71. The Kier molecular flexibility index (Phi) is 7.30. The number of esters is 1. The van der Waals surface area contributed by atoms with Crippen LogP contribution in [0.15, 0.2) is 47.4 Å². The first-order valence-corrected chi connectivity index (χ1v) is 11.2. The number of aryl methyl sites for hydroxylation is 1.